The van der Waals surface area contributed by atoms with E-state index in [0.29, 0.717) is 11.3 Å². The van der Waals surface area contributed by atoms with Crippen molar-refractivity contribution in [1.29, 1.82) is 0 Å². The van der Waals surface area contributed by atoms with Gasteiger partial charge in [-0.3, -0.25) is 4.79 Å². The highest BCUT2D eigenvalue weighted by Crippen LogP contribution is 2.45. The van der Waals surface area contributed by atoms with Crippen LogP contribution < -0.4 is 4.74 Å². The predicted molar refractivity (Wildman–Crippen MR) is 99.9 cm³/mol. The van der Waals surface area contributed by atoms with E-state index in [-0.39, 0.29) is 5.97 Å². The second kappa shape index (κ2) is 5.77. The van der Waals surface area contributed by atoms with Crippen LogP contribution in [0.4, 0.5) is 0 Å². The molecule has 2 aromatic heterocycles. The van der Waals surface area contributed by atoms with Crippen LogP contribution in [-0.4, -0.2) is 5.97 Å². The molecule has 0 bridgehead atoms. The molecule has 0 aliphatic heterocycles. The number of esters is 1. The molecule has 0 N–H and O–H groups in total. The number of rotatable bonds is 2. The van der Waals surface area contributed by atoms with Gasteiger partial charge in [-0.25, -0.2) is 0 Å². The molecule has 0 unspecified atom stereocenters. The Hall–Kier alpha value is -2.53. The van der Waals surface area contributed by atoms with Crippen LogP contribution in [0.1, 0.15) is 18.4 Å². The largest absolute Gasteiger partial charge is 0.461 e. The van der Waals surface area contributed by atoms with Crippen LogP contribution in [-0.2, 0) is 4.79 Å². The van der Waals surface area contributed by atoms with Crippen LogP contribution in [0.3, 0.4) is 0 Å². The van der Waals surface area contributed by atoms with Crippen LogP contribution >= 0.6 is 15.9 Å². The third-order valence-electron chi connectivity index (χ3n) is 4.06. The molecule has 5 heteroatoms. The van der Waals surface area contributed by atoms with E-state index in [9.17, 15) is 4.79 Å². The van der Waals surface area contributed by atoms with Gasteiger partial charge in [0, 0.05) is 22.2 Å². The van der Waals surface area contributed by atoms with Crippen molar-refractivity contribution in [2.45, 2.75) is 20.8 Å². The first-order valence-corrected chi connectivity index (χ1v) is 8.64. The molecule has 0 spiro atoms. The van der Waals surface area contributed by atoms with E-state index in [1.54, 1.807) is 0 Å². The van der Waals surface area contributed by atoms with Crippen LogP contribution in [0.2, 0.25) is 0 Å². The van der Waals surface area contributed by atoms with E-state index in [4.69, 9.17) is 13.6 Å². The minimum absolute atomic E-state index is 0.372. The van der Waals surface area contributed by atoms with Crippen molar-refractivity contribution in [3.05, 3.63) is 52.4 Å². The van der Waals surface area contributed by atoms with Gasteiger partial charge in [-0.2, -0.15) is 0 Å². The molecule has 0 saturated carbocycles. The van der Waals surface area contributed by atoms with Crippen molar-refractivity contribution in [2.24, 2.45) is 0 Å². The zero-order valence-electron chi connectivity index (χ0n) is 14.0. The van der Waals surface area contributed by atoms with Crippen LogP contribution in [0, 0.1) is 13.8 Å². The lowest BCUT2D eigenvalue weighted by Crippen LogP contribution is -2.02. The van der Waals surface area contributed by atoms with E-state index in [2.05, 4.69) is 15.9 Å². The number of fused-ring (bicyclic) bond motifs is 2. The molecule has 4 aromatic rings. The fourth-order valence-corrected chi connectivity index (χ4v) is 3.49. The summed E-state index contributed by atoms with van der Waals surface area (Å²) in [6.07, 6.45) is 0. The van der Waals surface area contributed by atoms with Gasteiger partial charge in [0.25, 0.3) is 0 Å². The molecule has 0 amide bonds. The highest BCUT2D eigenvalue weighted by molar-refractivity contribution is 9.10. The summed E-state index contributed by atoms with van der Waals surface area (Å²) in [6, 6.07) is 11.6. The van der Waals surface area contributed by atoms with Gasteiger partial charge in [-0.05, 0) is 44.2 Å². The summed E-state index contributed by atoms with van der Waals surface area (Å²) < 4.78 is 18.3. The summed E-state index contributed by atoms with van der Waals surface area (Å²) in [5.74, 6) is 2.41. The number of benzene rings is 2. The summed E-state index contributed by atoms with van der Waals surface area (Å²) >= 11 is 3.50. The Kier molecular flexibility index (Phi) is 3.69. The molecule has 2 aromatic carbocycles. The molecule has 0 radical (unpaired) electrons. The van der Waals surface area contributed by atoms with Crippen molar-refractivity contribution in [3.63, 3.8) is 0 Å². The lowest BCUT2D eigenvalue weighted by atomic mass is 9.98. The van der Waals surface area contributed by atoms with Gasteiger partial charge in [-0.15, -0.1) is 0 Å². The fraction of sp³-hybridized carbons (Fsp3) is 0.150. The van der Waals surface area contributed by atoms with Crippen LogP contribution in [0.5, 0.6) is 5.75 Å². The zero-order chi connectivity index (χ0) is 17.7. The number of aryl methyl sites for hydroxylation is 2. The maximum absolute atomic E-state index is 11.7. The smallest absolute Gasteiger partial charge is 0.308 e. The minimum atomic E-state index is -0.372. The molecular weight excluding hydrogens is 384 g/mol. The van der Waals surface area contributed by atoms with Gasteiger partial charge in [0.05, 0.1) is 10.9 Å². The molecule has 25 heavy (non-hydrogen) atoms. The highest BCUT2D eigenvalue weighted by atomic mass is 79.9. The second-order valence-electron chi connectivity index (χ2n) is 6.00. The number of ether oxygens (including phenoxy) is 1. The monoisotopic (exact) mass is 398 g/mol. The molecule has 4 nitrogen and oxygen atoms in total. The Morgan fingerprint density at radius 3 is 2.44 bits per heavy atom. The summed E-state index contributed by atoms with van der Waals surface area (Å²) in [7, 11) is 0. The third-order valence-corrected chi connectivity index (χ3v) is 4.55. The van der Waals surface area contributed by atoms with E-state index >= 15 is 0 Å². The van der Waals surface area contributed by atoms with Crippen molar-refractivity contribution in [1.82, 2.24) is 0 Å². The second-order valence-corrected chi connectivity index (χ2v) is 6.91. The molecule has 4 rings (SSSR count). The quantitative estimate of drug-likeness (QED) is 0.300. The third kappa shape index (κ3) is 2.65. The Labute approximate surface area is 152 Å². The molecule has 0 fully saturated rings. The zero-order valence-corrected chi connectivity index (χ0v) is 15.6. The van der Waals surface area contributed by atoms with Crippen molar-refractivity contribution < 1.29 is 18.4 Å². The number of carbonyl (C=O) groups is 1. The van der Waals surface area contributed by atoms with Gasteiger partial charge < -0.3 is 13.6 Å². The summed E-state index contributed by atoms with van der Waals surface area (Å²) in [6.45, 7) is 5.17. The van der Waals surface area contributed by atoms with Gasteiger partial charge in [0.15, 0.2) is 0 Å². The maximum atomic E-state index is 11.7. The molecular formula is C20H15BrO4. The van der Waals surface area contributed by atoms with Crippen molar-refractivity contribution >= 4 is 43.6 Å². The summed E-state index contributed by atoms with van der Waals surface area (Å²) in [5, 5.41) is 2.47. The maximum Gasteiger partial charge on any atom is 0.308 e. The highest BCUT2D eigenvalue weighted by Gasteiger charge is 2.22. The van der Waals surface area contributed by atoms with Crippen molar-refractivity contribution in [3.8, 4) is 17.1 Å². The predicted octanol–water partition coefficient (Wildman–Crippen LogP) is 6.15. The average Bonchev–Trinajstić information content (AvgIpc) is 3.13. The molecule has 0 aliphatic rings. The normalized spacial score (nSPS) is 11.4. The first kappa shape index (κ1) is 16.0. The average molecular weight is 399 g/mol. The van der Waals surface area contributed by atoms with Gasteiger partial charge >= 0.3 is 5.97 Å². The van der Waals surface area contributed by atoms with E-state index < -0.39 is 0 Å². The van der Waals surface area contributed by atoms with Crippen LogP contribution in [0.15, 0.2) is 49.7 Å². The fourth-order valence-electron chi connectivity index (χ4n) is 3.13. The Balaban J connectivity index is 2.22. The first-order chi connectivity index (χ1) is 11.9. The molecule has 0 saturated heterocycles. The van der Waals surface area contributed by atoms with Gasteiger partial charge in [0.1, 0.15) is 28.6 Å². The first-order valence-electron chi connectivity index (χ1n) is 7.84. The standard InChI is InChI=1S/C20H15BrO4/c1-10-4-7-17(23-10)18-14-6-5-13(21)9-15(14)19(25-12(3)22)16-8-11(2)24-20(16)18/h4-9H,1-3H3. The van der Waals surface area contributed by atoms with Gasteiger partial charge in [-0.1, -0.05) is 22.0 Å². The molecule has 2 heterocycles. The lowest BCUT2D eigenvalue weighted by molar-refractivity contribution is -0.131. The Morgan fingerprint density at radius 1 is 0.960 bits per heavy atom. The number of halogens is 1. The molecule has 126 valence electrons. The van der Waals surface area contributed by atoms with Gasteiger partial charge in [0.2, 0.25) is 0 Å². The Bertz CT molecular complexity index is 1130. The van der Waals surface area contributed by atoms with Crippen LogP contribution in [0.25, 0.3) is 33.1 Å². The SMILES string of the molecule is CC(=O)Oc1c2cc(Br)ccc2c(-c2ccc(C)o2)c2oc(C)cc12. The summed E-state index contributed by atoms with van der Waals surface area (Å²) in [5.41, 5.74) is 1.51. The van der Waals surface area contributed by atoms with E-state index in [1.165, 1.54) is 6.92 Å². The number of carbonyl (C=O) groups excluding carboxylic acids is 1. The van der Waals surface area contributed by atoms with E-state index in [1.807, 2.05) is 50.2 Å². The molecule has 0 aliphatic carbocycles. The number of hydrogen-bond donors (Lipinski definition) is 0. The topological polar surface area (TPSA) is 52.6 Å². The number of furan rings is 2. The minimum Gasteiger partial charge on any atom is -0.461 e. The Morgan fingerprint density at radius 2 is 1.76 bits per heavy atom. The van der Waals surface area contributed by atoms with E-state index in [0.717, 1.165) is 43.5 Å². The van der Waals surface area contributed by atoms with Crippen molar-refractivity contribution in [2.75, 3.05) is 0 Å². The lowest BCUT2D eigenvalue weighted by Gasteiger charge is -2.12. The summed E-state index contributed by atoms with van der Waals surface area (Å²) in [4.78, 5) is 11.7. The number of hydrogen-bond acceptors (Lipinski definition) is 4. The molecule has 0 atom stereocenters.